The largest absolute Gasteiger partial charge is 0.504 e. The summed E-state index contributed by atoms with van der Waals surface area (Å²) in [7, 11) is 0. The predicted octanol–water partition coefficient (Wildman–Crippen LogP) is 7.66. The van der Waals surface area contributed by atoms with Gasteiger partial charge in [-0.15, -0.1) is 0 Å². The van der Waals surface area contributed by atoms with Crippen molar-refractivity contribution in [2.24, 2.45) is 4.99 Å². The minimum Gasteiger partial charge on any atom is -0.504 e. The van der Waals surface area contributed by atoms with E-state index in [1.165, 1.54) is 6.21 Å². The Kier molecular flexibility index (Phi) is 5.57. The molecule has 0 amide bonds. The maximum Gasteiger partial charge on any atom is 0.159 e. The standard InChI is InChI=1S/C21H18Cl3NO2/c1-21(2,3)12-8-17(24)20(26)18(9-12)25-11-14-5-7-19(27-14)15-6-4-13(22)10-16(15)23/h4-11,26H,1-3H3. The molecule has 3 aromatic rings. The average molecular weight is 423 g/mol. The number of rotatable bonds is 3. The van der Waals surface area contributed by atoms with E-state index in [9.17, 15) is 5.11 Å². The van der Waals surface area contributed by atoms with Crippen molar-refractivity contribution in [1.29, 1.82) is 0 Å². The molecule has 3 nitrogen and oxygen atoms in total. The maximum atomic E-state index is 10.2. The molecule has 1 aromatic heterocycles. The molecular weight excluding hydrogens is 405 g/mol. The second kappa shape index (κ2) is 7.59. The van der Waals surface area contributed by atoms with E-state index in [0.717, 1.165) is 11.1 Å². The molecule has 0 radical (unpaired) electrons. The Balaban J connectivity index is 1.92. The van der Waals surface area contributed by atoms with Crippen LogP contribution in [0, 0.1) is 0 Å². The molecule has 0 aliphatic rings. The quantitative estimate of drug-likeness (QED) is 0.440. The Hall–Kier alpha value is -1.94. The first kappa shape index (κ1) is 19.8. The van der Waals surface area contributed by atoms with Crippen LogP contribution in [0.2, 0.25) is 15.1 Å². The lowest BCUT2D eigenvalue weighted by molar-refractivity contribution is 0.476. The van der Waals surface area contributed by atoms with Crippen molar-refractivity contribution in [2.75, 3.05) is 0 Å². The Morgan fingerprint density at radius 2 is 1.70 bits per heavy atom. The third-order valence-electron chi connectivity index (χ3n) is 4.06. The van der Waals surface area contributed by atoms with Crippen LogP contribution in [0.15, 0.2) is 51.9 Å². The molecule has 2 aromatic carbocycles. The molecule has 0 saturated heterocycles. The molecule has 6 heteroatoms. The number of hydrogen-bond acceptors (Lipinski definition) is 3. The Bertz CT molecular complexity index is 1020. The van der Waals surface area contributed by atoms with Gasteiger partial charge in [0, 0.05) is 10.6 Å². The number of aliphatic imine (C=N–C) groups is 1. The Morgan fingerprint density at radius 1 is 0.963 bits per heavy atom. The summed E-state index contributed by atoms with van der Waals surface area (Å²) < 4.78 is 5.79. The molecule has 1 N–H and O–H groups in total. The van der Waals surface area contributed by atoms with Crippen LogP contribution in [0.3, 0.4) is 0 Å². The van der Waals surface area contributed by atoms with Crippen molar-refractivity contribution in [2.45, 2.75) is 26.2 Å². The number of aromatic hydroxyl groups is 1. The molecule has 0 bridgehead atoms. The highest BCUT2D eigenvalue weighted by Crippen LogP contribution is 2.39. The minimum atomic E-state index is -0.120. The SMILES string of the molecule is CC(C)(C)c1cc(Cl)c(O)c(N=Cc2ccc(-c3ccc(Cl)cc3Cl)o2)c1. The summed E-state index contributed by atoms with van der Waals surface area (Å²) >= 11 is 18.3. The minimum absolute atomic E-state index is 0.0616. The van der Waals surface area contributed by atoms with E-state index in [1.807, 2.05) is 6.07 Å². The van der Waals surface area contributed by atoms with Gasteiger partial charge in [-0.2, -0.15) is 0 Å². The lowest BCUT2D eigenvalue weighted by Crippen LogP contribution is -2.10. The van der Waals surface area contributed by atoms with Crippen LogP contribution in [-0.2, 0) is 5.41 Å². The lowest BCUT2D eigenvalue weighted by Gasteiger charge is -2.20. The Labute approximate surface area is 173 Å². The second-order valence-corrected chi connectivity index (χ2v) is 8.41. The molecule has 140 valence electrons. The van der Waals surface area contributed by atoms with Crippen LogP contribution >= 0.6 is 34.8 Å². The number of halogens is 3. The van der Waals surface area contributed by atoms with Crippen molar-refractivity contribution in [3.05, 3.63) is 68.9 Å². The smallest absolute Gasteiger partial charge is 0.159 e. The van der Waals surface area contributed by atoms with Crippen molar-refractivity contribution in [1.82, 2.24) is 0 Å². The molecule has 0 atom stereocenters. The van der Waals surface area contributed by atoms with Gasteiger partial charge in [0.1, 0.15) is 17.2 Å². The first-order valence-electron chi connectivity index (χ1n) is 8.27. The summed E-state index contributed by atoms with van der Waals surface area (Å²) in [6, 6.07) is 12.3. The lowest BCUT2D eigenvalue weighted by atomic mass is 9.87. The first-order valence-corrected chi connectivity index (χ1v) is 9.41. The normalized spacial score (nSPS) is 12.1. The summed E-state index contributed by atoms with van der Waals surface area (Å²) in [4.78, 5) is 4.35. The zero-order valence-corrected chi connectivity index (χ0v) is 17.3. The molecular formula is C21H18Cl3NO2. The van der Waals surface area contributed by atoms with Gasteiger partial charge < -0.3 is 9.52 Å². The van der Waals surface area contributed by atoms with Gasteiger partial charge >= 0.3 is 0 Å². The fraction of sp³-hybridized carbons (Fsp3) is 0.190. The molecule has 1 heterocycles. The predicted molar refractivity (Wildman–Crippen MR) is 113 cm³/mol. The van der Waals surface area contributed by atoms with Gasteiger partial charge in [-0.1, -0.05) is 55.6 Å². The van der Waals surface area contributed by atoms with Crippen molar-refractivity contribution in [3.63, 3.8) is 0 Å². The van der Waals surface area contributed by atoms with Crippen molar-refractivity contribution < 1.29 is 9.52 Å². The average Bonchev–Trinajstić information content (AvgIpc) is 3.03. The van der Waals surface area contributed by atoms with E-state index in [0.29, 0.717) is 27.3 Å². The molecule has 0 fully saturated rings. The first-order chi connectivity index (χ1) is 12.6. The van der Waals surface area contributed by atoms with Crippen LogP contribution in [0.4, 0.5) is 5.69 Å². The number of benzene rings is 2. The highest BCUT2D eigenvalue weighted by atomic mass is 35.5. The molecule has 0 aliphatic carbocycles. The van der Waals surface area contributed by atoms with E-state index in [4.69, 9.17) is 39.2 Å². The summed E-state index contributed by atoms with van der Waals surface area (Å²) in [5.41, 5.74) is 1.98. The fourth-order valence-corrected chi connectivity index (χ4v) is 3.22. The van der Waals surface area contributed by atoms with Gasteiger partial charge in [-0.3, -0.25) is 0 Å². The van der Waals surface area contributed by atoms with Crippen LogP contribution in [0.5, 0.6) is 5.75 Å². The van der Waals surface area contributed by atoms with Gasteiger partial charge in [0.05, 0.1) is 16.3 Å². The molecule has 27 heavy (non-hydrogen) atoms. The van der Waals surface area contributed by atoms with Gasteiger partial charge in [0.15, 0.2) is 5.75 Å². The van der Waals surface area contributed by atoms with Crippen molar-refractivity contribution >= 4 is 46.7 Å². The summed E-state index contributed by atoms with van der Waals surface area (Å²) in [5, 5.41) is 11.5. The molecule has 0 saturated carbocycles. The maximum absolute atomic E-state index is 10.2. The van der Waals surface area contributed by atoms with E-state index in [1.54, 1.807) is 36.4 Å². The van der Waals surface area contributed by atoms with E-state index in [-0.39, 0.29) is 16.2 Å². The van der Waals surface area contributed by atoms with Crippen LogP contribution < -0.4 is 0 Å². The van der Waals surface area contributed by atoms with Gasteiger partial charge in [0.2, 0.25) is 0 Å². The topological polar surface area (TPSA) is 45.7 Å². The monoisotopic (exact) mass is 421 g/mol. The number of phenols is 1. The fourth-order valence-electron chi connectivity index (χ4n) is 2.51. The second-order valence-electron chi connectivity index (χ2n) is 7.16. The third kappa shape index (κ3) is 4.49. The number of phenolic OH excluding ortho intramolecular Hbond substituents is 1. The van der Waals surface area contributed by atoms with Crippen LogP contribution in [0.25, 0.3) is 11.3 Å². The summed E-state index contributed by atoms with van der Waals surface area (Å²) in [5.74, 6) is 1.06. The number of hydrogen-bond donors (Lipinski definition) is 1. The molecule has 0 spiro atoms. The van der Waals surface area contributed by atoms with Gasteiger partial charge in [0.25, 0.3) is 0 Å². The van der Waals surface area contributed by atoms with E-state index < -0.39 is 0 Å². The van der Waals surface area contributed by atoms with Gasteiger partial charge in [-0.25, -0.2) is 4.99 Å². The van der Waals surface area contributed by atoms with Crippen molar-refractivity contribution in [3.8, 4) is 17.1 Å². The van der Waals surface area contributed by atoms with Crippen LogP contribution in [-0.4, -0.2) is 11.3 Å². The zero-order chi connectivity index (χ0) is 19.8. The number of furan rings is 1. The third-order valence-corrected chi connectivity index (χ3v) is 4.90. The highest BCUT2D eigenvalue weighted by molar-refractivity contribution is 6.36. The van der Waals surface area contributed by atoms with Crippen LogP contribution in [0.1, 0.15) is 32.1 Å². The summed E-state index contributed by atoms with van der Waals surface area (Å²) in [6.07, 6.45) is 1.53. The zero-order valence-electron chi connectivity index (χ0n) is 15.1. The van der Waals surface area contributed by atoms with E-state index >= 15 is 0 Å². The Morgan fingerprint density at radius 3 is 2.37 bits per heavy atom. The number of nitrogens with zero attached hydrogens (tertiary/aromatic N) is 1. The molecule has 0 aliphatic heterocycles. The highest BCUT2D eigenvalue weighted by Gasteiger charge is 2.18. The molecule has 0 unspecified atom stereocenters. The van der Waals surface area contributed by atoms with E-state index in [2.05, 4.69) is 25.8 Å². The summed E-state index contributed by atoms with van der Waals surface area (Å²) in [6.45, 7) is 6.20. The molecule has 3 rings (SSSR count). The van der Waals surface area contributed by atoms with Gasteiger partial charge in [-0.05, 0) is 53.4 Å².